The summed E-state index contributed by atoms with van der Waals surface area (Å²) in [7, 11) is 0. The number of Topliss-reactive ketones (excluding diaryl/α,β-unsaturated/α-hetero) is 1. The molecule has 0 aliphatic rings. The Morgan fingerprint density at radius 2 is 1.67 bits per heavy atom. The second kappa shape index (κ2) is 4.48. The quantitative estimate of drug-likeness (QED) is 0.737. The molecule has 1 rings (SSSR count). The van der Waals surface area contributed by atoms with Crippen LogP contribution in [0.25, 0.3) is 0 Å². The zero-order valence-corrected chi connectivity index (χ0v) is 11.6. The van der Waals surface area contributed by atoms with Crippen LogP contribution in [0, 0.1) is 20.8 Å². The Hall–Kier alpha value is -0.630. The van der Waals surface area contributed by atoms with Gasteiger partial charge in [0.05, 0.1) is 0 Å². The molecule has 82 valence electrons. The predicted molar refractivity (Wildman–Crippen MR) is 67.7 cm³/mol. The van der Waals surface area contributed by atoms with E-state index in [1.807, 2.05) is 6.92 Å². The number of rotatable bonds is 2. The lowest BCUT2D eigenvalue weighted by Gasteiger charge is -2.17. The first-order valence-corrected chi connectivity index (χ1v) is 6.00. The second-order valence-corrected chi connectivity index (χ2v) is 4.75. The molecule has 0 fully saturated rings. The molecule has 0 unspecified atom stereocenters. The van der Waals surface area contributed by atoms with E-state index in [2.05, 4.69) is 36.7 Å². The third kappa shape index (κ3) is 2.00. The second-order valence-electron chi connectivity index (χ2n) is 3.95. The highest BCUT2D eigenvalue weighted by Crippen LogP contribution is 2.31. The van der Waals surface area contributed by atoms with Crippen molar-refractivity contribution in [1.29, 1.82) is 0 Å². The highest BCUT2D eigenvalue weighted by molar-refractivity contribution is 9.10. The molecule has 0 heterocycles. The lowest BCUT2D eigenvalue weighted by atomic mass is 9.90. The molecule has 0 amide bonds. The van der Waals surface area contributed by atoms with Gasteiger partial charge in [-0.05, 0) is 56.4 Å². The Balaban J connectivity index is 3.70. The number of carbonyl (C=O) groups is 1. The van der Waals surface area contributed by atoms with Crippen LogP contribution in [0.4, 0.5) is 0 Å². The first-order valence-electron chi connectivity index (χ1n) is 5.20. The summed E-state index contributed by atoms with van der Waals surface area (Å²) < 4.78 is 1.07. The van der Waals surface area contributed by atoms with Crippen molar-refractivity contribution in [3.63, 3.8) is 0 Å². The lowest BCUT2D eigenvalue weighted by molar-refractivity contribution is 0.101. The first kappa shape index (κ1) is 12.4. The maximum absolute atomic E-state index is 11.6. The zero-order valence-electron chi connectivity index (χ0n) is 9.99. The van der Waals surface area contributed by atoms with Gasteiger partial charge in [-0.2, -0.15) is 0 Å². The molecular weight excluding hydrogens is 252 g/mol. The zero-order chi connectivity index (χ0) is 11.7. The molecule has 0 saturated carbocycles. The standard InChI is InChI=1S/C13H17BrO/c1-6-11-7(2)8(3)13(14)9(4)12(11)10(5)15/h6H2,1-5H3. The number of carbonyl (C=O) groups excluding carboxylic acids is 1. The van der Waals surface area contributed by atoms with Gasteiger partial charge in [-0.3, -0.25) is 4.79 Å². The van der Waals surface area contributed by atoms with Crippen LogP contribution in [0.3, 0.4) is 0 Å². The van der Waals surface area contributed by atoms with Crippen LogP contribution in [0.2, 0.25) is 0 Å². The van der Waals surface area contributed by atoms with E-state index in [1.165, 1.54) is 16.7 Å². The minimum atomic E-state index is 0.160. The van der Waals surface area contributed by atoms with Crippen LogP contribution >= 0.6 is 15.9 Å². The topological polar surface area (TPSA) is 17.1 Å². The number of benzene rings is 1. The summed E-state index contributed by atoms with van der Waals surface area (Å²) in [5.74, 6) is 0.160. The number of halogens is 1. The molecule has 0 saturated heterocycles. The van der Waals surface area contributed by atoms with Gasteiger partial charge in [-0.1, -0.05) is 22.9 Å². The van der Waals surface area contributed by atoms with Crippen molar-refractivity contribution >= 4 is 21.7 Å². The molecule has 1 aromatic carbocycles. The fourth-order valence-corrected chi connectivity index (χ4v) is 2.61. The largest absolute Gasteiger partial charge is 0.294 e. The molecule has 0 aliphatic carbocycles. The maximum Gasteiger partial charge on any atom is 0.160 e. The fourth-order valence-electron chi connectivity index (χ4n) is 2.11. The third-order valence-corrected chi connectivity index (χ3v) is 4.25. The van der Waals surface area contributed by atoms with Gasteiger partial charge in [0.1, 0.15) is 0 Å². The van der Waals surface area contributed by atoms with Gasteiger partial charge in [0.2, 0.25) is 0 Å². The summed E-state index contributed by atoms with van der Waals surface area (Å²) in [6.07, 6.45) is 0.912. The number of hydrogen-bond donors (Lipinski definition) is 0. The van der Waals surface area contributed by atoms with Gasteiger partial charge in [0, 0.05) is 10.0 Å². The minimum Gasteiger partial charge on any atom is -0.294 e. The Bertz CT molecular complexity index is 419. The van der Waals surface area contributed by atoms with E-state index < -0.39 is 0 Å². The molecule has 0 N–H and O–H groups in total. The molecule has 0 bridgehead atoms. The van der Waals surface area contributed by atoms with Crippen LogP contribution in [-0.4, -0.2) is 5.78 Å². The van der Waals surface area contributed by atoms with E-state index in [0.717, 1.165) is 22.0 Å². The van der Waals surface area contributed by atoms with Gasteiger partial charge < -0.3 is 0 Å². The van der Waals surface area contributed by atoms with E-state index in [9.17, 15) is 4.79 Å². The average Bonchev–Trinajstić information content (AvgIpc) is 2.19. The Labute approximate surface area is 100 Å². The summed E-state index contributed by atoms with van der Waals surface area (Å²) in [5.41, 5.74) is 5.64. The van der Waals surface area contributed by atoms with Crippen molar-refractivity contribution in [2.24, 2.45) is 0 Å². The van der Waals surface area contributed by atoms with Gasteiger partial charge in [-0.25, -0.2) is 0 Å². The molecule has 1 aromatic rings. The van der Waals surface area contributed by atoms with Crippen LogP contribution in [0.15, 0.2) is 4.47 Å². The van der Waals surface area contributed by atoms with E-state index in [0.29, 0.717) is 0 Å². The Morgan fingerprint density at radius 1 is 1.13 bits per heavy atom. The molecular formula is C13H17BrO. The van der Waals surface area contributed by atoms with Crippen LogP contribution in [-0.2, 0) is 6.42 Å². The van der Waals surface area contributed by atoms with Crippen molar-refractivity contribution < 1.29 is 4.79 Å². The molecule has 15 heavy (non-hydrogen) atoms. The minimum absolute atomic E-state index is 0.160. The predicted octanol–water partition coefficient (Wildman–Crippen LogP) is 4.14. The number of hydrogen-bond acceptors (Lipinski definition) is 1. The average molecular weight is 269 g/mol. The van der Waals surface area contributed by atoms with Crippen molar-refractivity contribution in [2.45, 2.75) is 41.0 Å². The molecule has 0 radical (unpaired) electrons. The summed E-state index contributed by atoms with van der Waals surface area (Å²) in [4.78, 5) is 11.6. The van der Waals surface area contributed by atoms with E-state index in [-0.39, 0.29) is 5.78 Å². The first-order chi connectivity index (χ1) is 6.91. The van der Waals surface area contributed by atoms with Crippen LogP contribution in [0.1, 0.15) is 46.5 Å². The summed E-state index contributed by atoms with van der Waals surface area (Å²) >= 11 is 3.56. The maximum atomic E-state index is 11.6. The molecule has 0 aromatic heterocycles. The fraction of sp³-hybridized carbons (Fsp3) is 0.462. The van der Waals surface area contributed by atoms with E-state index >= 15 is 0 Å². The van der Waals surface area contributed by atoms with Gasteiger partial charge >= 0.3 is 0 Å². The Kier molecular flexibility index (Phi) is 3.72. The monoisotopic (exact) mass is 268 g/mol. The van der Waals surface area contributed by atoms with E-state index in [1.54, 1.807) is 6.92 Å². The van der Waals surface area contributed by atoms with Gasteiger partial charge in [0.15, 0.2) is 5.78 Å². The third-order valence-electron chi connectivity index (χ3n) is 3.06. The molecule has 0 atom stereocenters. The molecule has 2 heteroatoms. The molecule has 1 nitrogen and oxygen atoms in total. The van der Waals surface area contributed by atoms with Crippen molar-refractivity contribution in [1.82, 2.24) is 0 Å². The summed E-state index contributed by atoms with van der Waals surface area (Å²) in [5, 5.41) is 0. The molecule has 0 spiro atoms. The smallest absolute Gasteiger partial charge is 0.160 e. The summed E-state index contributed by atoms with van der Waals surface area (Å²) in [6.45, 7) is 9.93. The molecule has 0 aliphatic heterocycles. The van der Waals surface area contributed by atoms with E-state index in [4.69, 9.17) is 0 Å². The highest BCUT2D eigenvalue weighted by Gasteiger charge is 2.17. The Morgan fingerprint density at radius 3 is 2.07 bits per heavy atom. The van der Waals surface area contributed by atoms with Crippen molar-refractivity contribution in [3.05, 3.63) is 32.3 Å². The van der Waals surface area contributed by atoms with Crippen molar-refractivity contribution in [2.75, 3.05) is 0 Å². The van der Waals surface area contributed by atoms with Crippen LogP contribution < -0.4 is 0 Å². The highest BCUT2D eigenvalue weighted by atomic mass is 79.9. The SMILES string of the molecule is CCc1c(C)c(C)c(Br)c(C)c1C(C)=O. The number of ketones is 1. The van der Waals surface area contributed by atoms with Gasteiger partial charge in [0.25, 0.3) is 0 Å². The van der Waals surface area contributed by atoms with Gasteiger partial charge in [-0.15, -0.1) is 0 Å². The summed E-state index contributed by atoms with van der Waals surface area (Å²) in [6, 6.07) is 0. The van der Waals surface area contributed by atoms with Crippen molar-refractivity contribution in [3.8, 4) is 0 Å². The normalized spacial score (nSPS) is 10.5. The van der Waals surface area contributed by atoms with Crippen LogP contribution in [0.5, 0.6) is 0 Å². The lowest BCUT2D eigenvalue weighted by Crippen LogP contribution is -2.07.